The maximum Gasteiger partial charge on any atom is 0.263 e. The highest BCUT2D eigenvalue weighted by molar-refractivity contribution is 7.17. The van der Waals surface area contributed by atoms with Gasteiger partial charge in [0.2, 0.25) is 0 Å². The molecule has 0 radical (unpaired) electrons. The molecule has 1 aromatic carbocycles. The van der Waals surface area contributed by atoms with E-state index in [4.69, 9.17) is 16.3 Å². The zero-order valence-electron chi connectivity index (χ0n) is 16.0. The quantitative estimate of drug-likeness (QED) is 0.790. The standard InChI is InChI=1S/C20H26ClN3O2S/c1-13(2)11-24-8-9-26-17(12-24)10-22-19(25)18-14(3)23-20(27-18)15-4-6-16(21)7-5-15/h4-7,13,17H,8-12H2,1-3H3,(H,22,25). The second kappa shape index (κ2) is 9.15. The van der Waals surface area contributed by atoms with Gasteiger partial charge in [-0.1, -0.05) is 37.6 Å². The van der Waals surface area contributed by atoms with E-state index >= 15 is 0 Å². The fraction of sp³-hybridized carbons (Fsp3) is 0.500. The number of nitrogens with zero attached hydrogens (tertiary/aromatic N) is 2. The summed E-state index contributed by atoms with van der Waals surface area (Å²) in [4.78, 5) is 20.2. The summed E-state index contributed by atoms with van der Waals surface area (Å²) in [5, 5.41) is 4.53. The van der Waals surface area contributed by atoms with Crippen LogP contribution in [0.1, 0.15) is 29.2 Å². The van der Waals surface area contributed by atoms with Gasteiger partial charge in [0.25, 0.3) is 5.91 Å². The molecule has 2 aromatic rings. The number of thiazole rings is 1. The van der Waals surface area contributed by atoms with E-state index in [0.717, 1.165) is 35.9 Å². The number of morpholine rings is 1. The molecular weight excluding hydrogens is 382 g/mol. The van der Waals surface area contributed by atoms with Crippen LogP contribution in [-0.2, 0) is 4.74 Å². The first-order valence-corrected chi connectivity index (χ1v) is 10.5. The number of aryl methyl sites for hydroxylation is 1. The minimum Gasteiger partial charge on any atom is -0.374 e. The van der Waals surface area contributed by atoms with Crippen molar-refractivity contribution in [1.82, 2.24) is 15.2 Å². The van der Waals surface area contributed by atoms with Crippen LogP contribution in [0.3, 0.4) is 0 Å². The number of aromatic nitrogens is 1. The Bertz CT molecular complexity index is 776. The average Bonchev–Trinajstić information content (AvgIpc) is 3.02. The Morgan fingerprint density at radius 3 is 2.85 bits per heavy atom. The lowest BCUT2D eigenvalue weighted by Gasteiger charge is -2.33. The maximum atomic E-state index is 12.6. The third-order valence-electron chi connectivity index (χ3n) is 4.43. The highest BCUT2D eigenvalue weighted by Crippen LogP contribution is 2.28. The number of carbonyl (C=O) groups is 1. The van der Waals surface area contributed by atoms with Crippen LogP contribution >= 0.6 is 22.9 Å². The number of hydrogen-bond acceptors (Lipinski definition) is 5. The fourth-order valence-corrected chi connectivity index (χ4v) is 4.31. The summed E-state index contributed by atoms with van der Waals surface area (Å²) >= 11 is 7.35. The van der Waals surface area contributed by atoms with Crippen LogP contribution in [0.5, 0.6) is 0 Å². The van der Waals surface area contributed by atoms with E-state index in [0.29, 0.717) is 29.0 Å². The van der Waals surface area contributed by atoms with E-state index in [1.54, 1.807) is 0 Å². The van der Waals surface area contributed by atoms with Crippen LogP contribution in [0, 0.1) is 12.8 Å². The molecule has 0 bridgehead atoms. The molecule has 27 heavy (non-hydrogen) atoms. The molecule has 0 aliphatic carbocycles. The van der Waals surface area contributed by atoms with Crippen molar-refractivity contribution < 1.29 is 9.53 Å². The van der Waals surface area contributed by atoms with Crippen molar-refractivity contribution in [2.75, 3.05) is 32.8 Å². The first-order valence-electron chi connectivity index (χ1n) is 9.28. The van der Waals surface area contributed by atoms with Crippen LogP contribution in [-0.4, -0.2) is 54.7 Å². The smallest absolute Gasteiger partial charge is 0.263 e. The first kappa shape index (κ1) is 20.3. The molecule has 1 aromatic heterocycles. The van der Waals surface area contributed by atoms with Gasteiger partial charge >= 0.3 is 0 Å². The van der Waals surface area contributed by atoms with Gasteiger partial charge < -0.3 is 10.1 Å². The van der Waals surface area contributed by atoms with E-state index in [2.05, 4.69) is 29.0 Å². The van der Waals surface area contributed by atoms with Crippen LogP contribution in [0.25, 0.3) is 10.6 Å². The number of halogens is 1. The van der Waals surface area contributed by atoms with E-state index in [1.807, 2.05) is 31.2 Å². The van der Waals surface area contributed by atoms with Crippen LogP contribution < -0.4 is 5.32 Å². The summed E-state index contributed by atoms with van der Waals surface area (Å²) in [7, 11) is 0. The van der Waals surface area contributed by atoms with E-state index in [1.165, 1.54) is 11.3 Å². The van der Waals surface area contributed by atoms with Crippen molar-refractivity contribution in [1.29, 1.82) is 0 Å². The van der Waals surface area contributed by atoms with Crippen molar-refractivity contribution in [2.24, 2.45) is 5.92 Å². The van der Waals surface area contributed by atoms with Crippen molar-refractivity contribution in [3.63, 3.8) is 0 Å². The molecule has 1 N–H and O–H groups in total. The number of benzene rings is 1. The van der Waals surface area contributed by atoms with E-state index in [-0.39, 0.29) is 12.0 Å². The average molecular weight is 408 g/mol. The van der Waals surface area contributed by atoms with Crippen molar-refractivity contribution in [3.8, 4) is 10.6 Å². The zero-order chi connectivity index (χ0) is 19.4. The Labute approximate surface area is 169 Å². The number of carbonyl (C=O) groups excluding carboxylic acids is 1. The number of nitrogens with one attached hydrogen (secondary N) is 1. The summed E-state index contributed by atoms with van der Waals surface area (Å²) in [5.41, 5.74) is 1.71. The van der Waals surface area contributed by atoms with Gasteiger partial charge in [0.15, 0.2) is 0 Å². The minimum absolute atomic E-state index is 0.0328. The van der Waals surface area contributed by atoms with Gasteiger partial charge in [0.1, 0.15) is 9.88 Å². The topological polar surface area (TPSA) is 54.5 Å². The predicted molar refractivity (Wildman–Crippen MR) is 111 cm³/mol. The lowest BCUT2D eigenvalue weighted by Crippen LogP contribution is -2.48. The molecule has 2 heterocycles. The van der Waals surface area contributed by atoms with Crippen LogP contribution in [0.2, 0.25) is 5.02 Å². The van der Waals surface area contributed by atoms with Gasteiger partial charge in [-0.25, -0.2) is 4.98 Å². The summed E-state index contributed by atoms with van der Waals surface area (Å²) < 4.78 is 5.81. The highest BCUT2D eigenvalue weighted by Gasteiger charge is 2.23. The van der Waals surface area contributed by atoms with Gasteiger partial charge in [0.05, 0.1) is 18.4 Å². The largest absolute Gasteiger partial charge is 0.374 e. The second-order valence-corrected chi connectivity index (χ2v) is 8.73. The number of hydrogen-bond donors (Lipinski definition) is 1. The fourth-order valence-electron chi connectivity index (χ4n) is 3.20. The van der Waals surface area contributed by atoms with Crippen LogP contribution in [0.4, 0.5) is 0 Å². The molecule has 0 spiro atoms. The van der Waals surface area contributed by atoms with Crippen LogP contribution in [0.15, 0.2) is 24.3 Å². The number of ether oxygens (including phenoxy) is 1. The summed E-state index contributed by atoms with van der Waals surface area (Å²) in [6, 6.07) is 7.50. The molecule has 3 rings (SSSR count). The molecule has 146 valence electrons. The van der Waals surface area contributed by atoms with E-state index in [9.17, 15) is 4.79 Å². The van der Waals surface area contributed by atoms with E-state index < -0.39 is 0 Å². The SMILES string of the molecule is Cc1nc(-c2ccc(Cl)cc2)sc1C(=O)NCC1CN(CC(C)C)CCO1. The van der Waals surface area contributed by atoms with Gasteiger partial charge in [-0.05, 0) is 25.0 Å². The Balaban J connectivity index is 1.59. The van der Waals surface area contributed by atoms with Crippen molar-refractivity contribution in [2.45, 2.75) is 26.9 Å². The third-order valence-corrected chi connectivity index (χ3v) is 5.89. The molecule has 1 aliphatic rings. The Kier molecular flexibility index (Phi) is 6.87. The summed E-state index contributed by atoms with van der Waals surface area (Å²) in [5.74, 6) is 0.541. The second-order valence-electron chi connectivity index (χ2n) is 7.30. The predicted octanol–water partition coefficient (Wildman–Crippen LogP) is 3.86. The molecule has 1 fully saturated rings. The molecule has 7 heteroatoms. The molecule has 1 aliphatic heterocycles. The third kappa shape index (κ3) is 5.51. The normalized spacial score (nSPS) is 18.0. The molecule has 1 saturated heterocycles. The number of rotatable bonds is 6. The number of amides is 1. The minimum atomic E-state index is -0.0882. The van der Waals surface area contributed by atoms with Gasteiger partial charge in [-0.3, -0.25) is 9.69 Å². The Morgan fingerprint density at radius 2 is 2.15 bits per heavy atom. The molecule has 1 amide bonds. The molecule has 0 saturated carbocycles. The molecule has 5 nitrogen and oxygen atoms in total. The molecule has 1 atom stereocenters. The molecular formula is C20H26ClN3O2S. The Hall–Kier alpha value is -1.47. The van der Waals surface area contributed by atoms with Gasteiger partial charge in [0, 0.05) is 36.8 Å². The first-order chi connectivity index (χ1) is 12.9. The monoisotopic (exact) mass is 407 g/mol. The van der Waals surface area contributed by atoms with Gasteiger partial charge in [-0.15, -0.1) is 11.3 Å². The zero-order valence-corrected chi connectivity index (χ0v) is 17.6. The lowest BCUT2D eigenvalue weighted by molar-refractivity contribution is -0.0295. The van der Waals surface area contributed by atoms with Crippen molar-refractivity contribution in [3.05, 3.63) is 39.9 Å². The molecule has 1 unspecified atom stereocenters. The highest BCUT2D eigenvalue weighted by atomic mass is 35.5. The maximum absolute atomic E-state index is 12.6. The van der Waals surface area contributed by atoms with Crippen molar-refractivity contribution >= 4 is 28.8 Å². The Morgan fingerprint density at radius 1 is 1.41 bits per heavy atom. The lowest BCUT2D eigenvalue weighted by atomic mass is 10.2. The summed E-state index contributed by atoms with van der Waals surface area (Å²) in [6.45, 7) is 10.4. The van der Waals surface area contributed by atoms with Gasteiger partial charge in [-0.2, -0.15) is 0 Å². The summed E-state index contributed by atoms with van der Waals surface area (Å²) in [6.07, 6.45) is 0.0328.